The van der Waals surface area contributed by atoms with Crippen LogP contribution in [0.15, 0.2) is 0 Å². The Morgan fingerprint density at radius 3 is 2.22 bits per heavy atom. The fourth-order valence-corrected chi connectivity index (χ4v) is 2.54. The van der Waals surface area contributed by atoms with Crippen molar-refractivity contribution in [2.45, 2.75) is 50.3 Å². The third-order valence-corrected chi connectivity index (χ3v) is 4.09. The third kappa shape index (κ3) is 5.47. The number of carbonyl (C=O) groups excluding carboxylic acids is 2. The molecule has 0 aromatic carbocycles. The fourth-order valence-electron chi connectivity index (χ4n) is 2.54. The largest absolute Gasteiger partial charge is 0.481 e. The van der Waals surface area contributed by atoms with E-state index < -0.39 is 36.4 Å². The molecule has 8 nitrogen and oxygen atoms in total. The van der Waals surface area contributed by atoms with Crippen molar-refractivity contribution in [1.82, 2.24) is 5.32 Å². The Balaban J connectivity index is 1.89. The number of ether oxygens (including phenoxy) is 2. The summed E-state index contributed by atoms with van der Waals surface area (Å²) in [5.41, 5.74) is 5.49. The van der Waals surface area contributed by atoms with Gasteiger partial charge in [0.1, 0.15) is 6.10 Å². The van der Waals surface area contributed by atoms with E-state index in [4.69, 9.17) is 20.3 Å². The normalized spacial score (nSPS) is 20.0. The number of carboxylic acids is 1. The van der Waals surface area contributed by atoms with Gasteiger partial charge in [-0.05, 0) is 37.5 Å². The predicted molar refractivity (Wildman–Crippen MR) is 79.4 cm³/mol. The molecule has 1 amide bonds. The SMILES string of the molecule is COC[C@@H](NC(=O)[C@@H](N)CC(=O)O)C(=O)OC(C1CC1)C1CC1. The van der Waals surface area contributed by atoms with Gasteiger partial charge in [0.25, 0.3) is 0 Å². The number of aliphatic carboxylic acids is 1. The van der Waals surface area contributed by atoms with Crippen LogP contribution in [0.1, 0.15) is 32.1 Å². The first kappa shape index (κ1) is 17.7. The van der Waals surface area contributed by atoms with Crippen molar-refractivity contribution in [3.05, 3.63) is 0 Å². The summed E-state index contributed by atoms with van der Waals surface area (Å²) in [5.74, 6) is -1.58. The zero-order chi connectivity index (χ0) is 17.0. The van der Waals surface area contributed by atoms with Gasteiger partial charge in [-0.2, -0.15) is 0 Å². The van der Waals surface area contributed by atoms with Gasteiger partial charge in [0.2, 0.25) is 5.91 Å². The maximum atomic E-state index is 12.3. The summed E-state index contributed by atoms with van der Waals surface area (Å²) in [5, 5.41) is 11.1. The minimum atomic E-state index is -1.22. The lowest BCUT2D eigenvalue weighted by Crippen LogP contribution is -2.52. The van der Waals surface area contributed by atoms with E-state index in [0.717, 1.165) is 25.7 Å². The third-order valence-electron chi connectivity index (χ3n) is 4.09. The van der Waals surface area contributed by atoms with Crippen LogP contribution >= 0.6 is 0 Å². The highest BCUT2D eigenvalue weighted by atomic mass is 16.6. The molecule has 4 N–H and O–H groups in total. The number of nitrogens with one attached hydrogen (secondary N) is 1. The molecule has 2 aliphatic carbocycles. The molecule has 2 rings (SSSR count). The summed E-state index contributed by atoms with van der Waals surface area (Å²) < 4.78 is 10.5. The Morgan fingerprint density at radius 1 is 1.22 bits per heavy atom. The van der Waals surface area contributed by atoms with Gasteiger partial charge in [-0.25, -0.2) is 4.79 Å². The number of hydrogen-bond acceptors (Lipinski definition) is 6. The van der Waals surface area contributed by atoms with Crippen molar-refractivity contribution in [3.63, 3.8) is 0 Å². The molecule has 0 aliphatic heterocycles. The first-order chi connectivity index (χ1) is 10.9. The lowest BCUT2D eigenvalue weighted by atomic mass is 10.1. The van der Waals surface area contributed by atoms with Crippen LogP contribution in [0.4, 0.5) is 0 Å². The average Bonchev–Trinajstić information content (AvgIpc) is 3.37. The van der Waals surface area contributed by atoms with Crippen molar-refractivity contribution in [2.75, 3.05) is 13.7 Å². The van der Waals surface area contributed by atoms with Gasteiger partial charge in [-0.3, -0.25) is 9.59 Å². The molecular weight excluding hydrogens is 304 g/mol. The van der Waals surface area contributed by atoms with E-state index in [1.807, 2.05) is 0 Å². The standard InChI is InChI=1S/C15H24N2O6/c1-22-7-11(17-14(20)10(16)6-12(18)19)15(21)23-13(8-2-3-8)9-4-5-9/h8-11,13H,2-7,16H2,1H3,(H,17,20)(H,18,19)/t10-,11+/m0/s1. The second-order valence-electron chi connectivity index (χ2n) is 6.30. The number of amides is 1. The number of carbonyl (C=O) groups is 3. The Kier molecular flexibility index (Phi) is 5.95. The predicted octanol–water partition coefficient (Wildman–Crippen LogP) is -0.349. The van der Waals surface area contributed by atoms with Gasteiger partial charge >= 0.3 is 11.9 Å². The first-order valence-corrected chi connectivity index (χ1v) is 7.89. The van der Waals surface area contributed by atoms with Crippen molar-refractivity contribution in [1.29, 1.82) is 0 Å². The van der Waals surface area contributed by atoms with Crippen molar-refractivity contribution >= 4 is 17.8 Å². The molecule has 2 saturated carbocycles. The van der Waals surface area contributed by atoms with Gasteiger partial charge in [0, 0.05) is 7.11 Å². The van der Waals surface area contributed by atoms with Gasteiger partial charge in [-0.1, -0.05) is 0 Å². The highest BCUT2D eigenvalue weighted by molar-refractivity contribution is 5.89. The van der Waals surface area contributed by atoms with E-state index in [1.54, 1.807) is 0 Å². The molecule has 0 aromatic rings. The molecule has 8 heteroatoms. The number of carboxylic acid groups (broad SMARTS) is 1. The Labute approximate surface area is 134 Å². The maximum Gasteiger partial charge on any atom is 0.331 e. The van der Waals surface area contributed by atoms with Crippen LogP contribution in [0.25, 0.3) is 0 Å². The molecule has 0 radical (unpaired) electrons. The Bertz CT molecular complexity index is 449. The molecule has 23 heavy (non-hydrogen) atoms. The number of rotatable bonds is 10. The van der Waals surface area contributed by atoms with Gasteiger partial charge in [0.05, 0.1) is 19.1 Å². The second kappa shape index (κ2) is 7.74. The fraction of sp³-hybridized carbons (Fsp3) is 0.800. The van der Waals surface area contributed by atoms with Crippen LogP contribution in [0.2, 0.25) is 0 Å². The molecule has 0 saturated heterocycles. The summed E-state index contributed by atoms with van der Waals surface area (Å²) in [7, 11) is 1.41. The van der Waals surface area contributed by atoms with Gasteiger partial charge in [-0.15, -0.1) is 0 Å². The molecule has 0 heterocycles. The molecular formula is C15H24N2O6. The summed E-state index contributed by atoms with van der Waals surface area (Å²) in [6.45, 7) is -0.0492. The highest BCUT2D eigenvalue weighted by Gasteiger charge is 2.44. The van der Waals surface area contributed by atoms with E-state index in [0.29, 0.717) is 11.8 Å². The summed E-state index contributed by atoms with van der Waals surface area (Å²) in [6.07, 6.45) is 3.69. The van der Waals surface area contributed by atoms with Gasteiger partial charge in [0.15, 0.2) is 6.04 Å². The quantitative estimate of drug-likeness (QED) is 0.468. The number of nitrogens with two attached hydrogens (primary N) is 1. The van der Waals surface area contributed by atoms with Crippen LogP contribution in [0.5, 0.6) is 0 Å². The first-order valence-electron chi connectivity index (χ1n) is 7.89. The number of methoxy groups -OCH3 is 1. The zero-order valence-corrected chi connectivity index (χ0v) is 13.2. The lowest BCUT2D eigenvalue weighted by molar-refractivity contribution is -0.156. The summed E-state index contributed by atoms with van der Waals surface area (Å²) in [4.78, 5) is 34.8. The van der Waals surface area contributed by atoms with Crippen LogP contribution < -0.4 is 11.1 Å². The van der Waals surface area contributed by atoms with E-state index in [1.165, 1.54) is 7.11 Å². The number of hydrogen-bond donors (Lipinski definition) is 3. The molecule has 2 aliphatic rings. The highest BCUT2D eigenvalue weighted by Crippen LogP contribution is 2.46. The van der Waals surface area contributed by atoms with E-state index in [9.17, 15) is 14.4 Å². The lowest BCUT2D eigenvalue weighted by Gasteiger charge is -2.23. The molecule has 130 valence electrons. The molecule has 0 bridgehead atoms. The summed E-state index contributed by atoms with van der Waals surface area (Å²) >= 11 is 0. The second-order valence-corrected chi connectivity index (χ2v) is 6.30. The van der Waals surface area contributed by atoms with Crippen molar-refractivity contribution in [3.8, 4) is 0 Å². The molecule has 0 spiro atoms. The monoisotopic (exact) mass is 328 g/mol. The number of esters is 1. The van der Waals surface area contributed by atoms with Gasteiger partial charge < -0.3 is 25.6 Å². The Morgan fingerprint density at radius 2 is 1.78 bits per heavy atom. The molecule has 0 aromatic heterocycles. The Hall–Kier alpha value is -1.67. The molecule has 2 atom stereocenters. The summed E-state index contributed by atoms with van der Waals surface area (Å²) in [6, 6.07) is -2.20. The van der Waals surface area contributed by atoms with Crippen molar-refractivity contribution in [2.24, 2.45) is 17.6 Å². The minimum Gasteiger partial charge on any atom is -0.481 e. The van der Waals surface area contributed by atoms with Crippen LogP contribution in [0, 0.1) is 11.8 Å². The van der Waals surface area contributed by atoms with E-state index >= 15 is 0 Å². The van der Waals surface area contributed by atoms with Crippen LogP contribution in [-0.2, 0) is 23.9 Å². The average molecular weight is 328 g/mol. The van der Waals surface area contributed by atoms with Crippen molar-refractivity contribution < 1.29 is 29.0 Å². The molecule has 2 fully saturated rings. The minimum absolute atomic E-state index is 0.0492. The van der Waals surface area contributed by atoms with Crippen LogP contribution in [0.3, 0.4) is 0 Å². The molecule has 0 unspecified atom stereocenters. The smallest absolute Gasteiger partial charge is 0.331 e. The van der Waals surface area contributed by atoms with E-state index in [2.05, 4.69) is 5.32 Å². The zero-order valence-electron chi connectivity index (χ0n) is 13.2. The van der Waals surface area contributed by atoms with Crippen LogP contribution in [-0.4, -0.2) is 54.9 Å². The maximum absolute atomic E-state index is 12.3. The van der Waals surface area contributed by atoms with E-state index in [-0.39, 0.29) is 12.7 Å². The topological polar surface area (TPSA) is 128 Å².